The van der Waals surface area contributed by atoms with E-state index >= 15 is 0 Å². The lowest BCUT2D eigenvalue weighted by atomic mass is 10.3. The molecule has 4 N–H and O–H groups in total. The van der Waals surface area contributed by atoms with Crippen LogP contribution in [0.4, 0.5) is 0 Å². The van der Waals surface area contributed by atoms with E-state index in [4.69, 9.17) is 5.73 Å². The van der Waals surface area contributed by atoms with Gasteiger partial charge in [0.25, 0.3) is 0 Å². The van der Waals surface area contributed by atoms with Crippen molar-refractivity contribution in [1.82, 2.24) is 10.6 Å². The van der Waals surface area contributed by atoms with Crippen LogP contribution in [0.5, 0.6) is 0 Å². The minimum absolute atomic E-state index is 0.819. The van der Waals surface area contributed by atoms with E-state index in [9.17, 15) is 0 Å². The van der Waals surface area contributed by atoms with Gasteiger partial charge >= 0.3 is 0 Å². The molecule has 0 amide bonds. The van der Waals surface area contributed by atoms with Gasteiger partial charge in [-0.25, -0.2) is 0 Å². The molecule has 12 heavy (non-hydrogen) atoms. The summed E-state index contributed by atoms with van der Waals surface area (Å²) in [4.78, 5) is 0. The number of nitrogens with one attached hydrogen (secondary N) is 2. The molecule has 0 bridgehead atoms. The highest BCUT2D eigenvalue weighted by Crippen LogP contribution is 1.82. The van der Waals surface area contributed by atoms with E-state index in [1.54, 1.807) is 0 Å². The van der Waals surface area contributed by atoms with Crippen molar-refractivity contribution >= 4 is 0 Å². The van der Waals surface area contributed by atoms with Crippen molar-refractivity contribution in [2.75, 3.05) is 32.7 Å². The molecule has 0 spiro atoms. The third kappa shape index (κ3) is 9.88. The second-order valence-corrected chi connectivity index (χ2v) is 2.95. The third-order valence-corrected chi connectivity index (χ3v) is 1.76. The standard InChI is InChI=1S/C9H23N3/c1-2-11-8-5-9-12-7-4-3-6-10/h11-12H,2-10H2,1H3. The maximum Gasteiger partial charge on any atom is -0.00368 e. The fourth-order valence-corrected chi connectivity index (χ4v) is 1.03. The topological polar surface area (TPSA) is 50.1 Å². The number of hydrogen-bond acceptors (Lipinski definition) is 3. The zero-order valence-corrected chi connectivity index (χ0v) is 8.23. The summed E-state index contributed by atoms with van der Waals surface area (Å²) in [5.41, 5.74) is 5.37. The SMILES string of the molecule is CCNCCCNCCCCN. The maximum atomic E-state index is 5.37. The van der Waals surface area contributed by atoms with Gasteiger partial charge in [-0.2, -0.15) is 0 Å². The summed E-state index contributed by atoms with van der Waals surface area (Å²) in [6, 6.07) is 0. The van der Waals surface area contributed by atoms with E-state index in [-0.39, 0.29) is 0 Å². The van der Waals surface area contributed by atoms with Gasteiger partial charge in [-0.05, 0) is 52.0 Å². The molecule has 0 heterocycles. The Morgan fingerprint density at radius 1 is 0.917 bits per heavy atom. The Labute approximate surface area is 76.1 Å². The first kappa shape index (κ1) is 11.9. The molecular weight excluding hydrogens is 150 g/mol. The van der Waals surface area contributed by atoms with Crippen LogP contribution in [-0.4, -0.2) is 32.7 Å². The first-order valence-corrected chi connectivity index (χ1v) is 5.03. The fraction of sp³-hybridized carbons (Fsp3) is 1.00. The van der Waals surface area contributed by atoms with E-state index in [0.717, 1.165) is 39.1 Å². The summed E-state index contributed by atoms with van der Waals surface area (Å²) in [5.74, 6) is 0. The van der Waals surface area contributed by atoms with Gasteiger partial charge < -0.3 is 16.4 Å². The number of hydrogen-bond donors (Lipinski definition) is 3. The van der Waals surface area contributed by atoms with Crippen LogP contribution in [0, 0.1) is 0 Å². The van der Waals surface area contributed by atoms with Gasteiger partial charge in [-0.1, -0.05) is 6.92 Å². The lowest BCUT2D eigenvalue weighted by Gasteiger charge is -2.03. The van der Waals surface area contributed by atoms with Crippen LogP contribution in [0.15, 0.2) is 0 Å². The Bertz CT molecular complexity index is 66.2. The fourth-order valence-electron chi connectivity index (χ4n) is 1.03. The first-order valence-electron chi connectivity index (χ1n) is 5.03. The zero-order chi connectivity index (χ0) is 9.07. The van der Waals surface area contributed by atoms with E-state index < -0.39 is 0 Å². The Morgan fingerprint density at radius 2 is 1.58 bits per heavy atom. The Balaban J connectivity index is 2.73. The van der Waals surface area contributed by atoms with Crippen LogP contribution in [-0.2, 0) is 0 Å². The molecule has 0 atom stereocenters. The highest BCUT2D eigenvalue weighted by molar-refractivity contribution is 4.51. The van der Waals surface area contributed by atoms with E-state index in [2.05, 4.69) is 17.6 Å². The van der Waals surface area contributed by atoms with Crippen molar-refractivity contribution in [3.8, 4) is 0 Å². The Hall–Kier alpha value is -0.120. The first-order chi connectivity index (χ1) is 5.91. The Kier molecular flexibility index (Phi) is 10.8. The number of rotatable bonds is 9. The summed E-state index contributed by atoms with van der Waals surface area (Å²) >= 11 is 0. The molecule has 0 rings (SSSR count). The molecule has 0 aliphatic carbocycles. The lowest BCUT2D eigenvalue weighted by Crippen LogP contribution is -2.22. The van der Waals surface area contributed by atoms with Crippen molar-refractivity contribution in [1.29, 1.82) is 0 Å². The summed E-state index contributed by atoms with van der Waals surface area (Å²) in [6.07, 6.45) is 3.56. The normalized spacial score (nSPS) is 10.5. The van der Waals surface area contributed by atoms with Crippen LogP contribution >= 0.6 is 0 Å². The van der Waals surface area contributed by atoms with Crippen LogP contribution in [0.2, 0.25) is 0 Å². The van der Waals surface area contributed by atoms with Gasteiger partial charge in [0.1, 0.15) is 0 Å². The molecule has 0 aromatic carbocycles. The molecule has 0 fully saturated rings. The van der Waals surface area contributed by atoms with Crippen molar-refractivity contribution in [2.45, 2.75) is 26.2 Å². The second-order valence-electron chi connectivity index (χ2n) is 2.95. The van der Waals surface area contributed by atoms with Crippen LogP contribution < -0.4 is 16.4 Å². The predicted molar refractivity (Wildman–Crippen MR) is 54.3 cm³/mol. The predicted octanol–water partition coefficient (Wildman–Crippen LogP) is 0.315. The van der Waals surface area contributed by atoms with Gasteiger partial charge in [-0.15, -0.1) is 0 Å². The Morgan fingerprint density at radius 3 is 2.25 bits per heavy atom. The van der Waals surface area contributed by atoms with Gasteiger partial charge in [0.05, 0.1) is 0 Å². The molecule has 74 valence electrons. The zero-order valence-electron chi connectivity index (χ0n) is 8.23. The lowest BCUT2D eigenvalue weighted by molar-refractivity contribution is 0.583. The molecule has 3 heteroatoms. The molecule has 0 saturated carbocycles. The minimum atomic E-state index is 0.819. The molecular formula is C9H23N3. The smallest absolute Gasteiger partial charge is 0.00368 e. The third-order valence-electron chi connectivity index (χ3n) is 1.76. The molecule has 0 aromatic rings. The van der Waals surface area contributed by atoms with Gasteiger partial charge in [0, 0.05) is 0 Å². The number of nitrogens with two attached hydrogens (primary N) is 1. The highest BCUT2D eigenvalue weighted by Gasteiger charge is 1.87. The molecule has 0 saturated heterocycles. The molecule has 0 radical (unpaired) electrons. The molecule has 0 aliphatic rings. The molecule has 3 nitrogen and oxygen atoms in total. The van der Waals surface area contributed by atoms with Crippen molar-refractivity contribution in [3.05, 3.63) is 0 Å². The van der Waals surface area contributed by atoms with Crippen LogP contribution in [0.1, 0.15) is 26.2 Å². The van der Waals surface area contributed by atoms with Gasteiger partial charge in [-0.3, -0.25) is 0 Å². The molecule has 0 aromatic heterocycles. The monoisotopic (exact) mass is 173 g/mol. The van der Waals surface area contributed by atoms with Crippen LogP contribution in [0.25, 0.3) is 0 Å². The summed E-state index contributed by atoms with van der Waals surface area (Å²) in [7, 11) is 0. The minimum Gasteiger partial charge on any atom is -0.330 e. The average Bonchev–Trinajstić information content (AvgIpc) is 2.10. The van der Waals surface area contributed by atoms with Crippen molar-refractivity contribution in [2.24, 2.45) is 5.73 Å². The average molecular weight is 173 g/mol. The highest BCUT2D eigenvalue weighted by atomic mass is 14.9. The summed E-state index contributed by atoms with van der Waals surface area (Å²) < 4.78 is 0. The molecule has 0 unspecified atom stereocenters. The summed E-state index contributed by atoms with van der Waals surface area (Å²) in [5, 5.41) is 6.67. The van der Waals surface area contributed by atoms with E-state index in [0.29, 0.717) is 0 Å². The quantitative estimate of drug-likeness (QED) is 0.440. The maximum absolute atomic E-state index is 5.37. The van der Waals surface area contributed by atoms with Gasteiger partial charge in [0.15, 0.2) is 0 Å². The van der Waals surface area contributed by atoms with E-state index in [1.807, 2.05) is 0 Å². The van der Waals surface area contributed by atoms with E-state index in [1.165, 1.54) is 12.8 Å². The summed E-state index contributed by atoms with van der Waals surface area (Å²) in [6.45, 7) is 7.39. The van der Waals surface area contributed by atoms with Crippen LogP contribution in [0.3, 0.4) is 0 Å². The second kappa shape index (κ2) is 10.9. The van der Waals surface area contributed by atoms with Crippen molar-refractivity contribution < 1.29 is 0 Å². The number of unbranched alkanes of at least 4 members (excludes halogenated alkanes) is 1. The van der Waals surface area contributed by atoms with Gasteiger partial charge in [0.2, 0.25) is 0 Å². The largest absolute Gasteiger partial charge is 0.330 e. The molecule has 0 aliphatic heterocycles. The van der Waals surface area contributed by atoms with Crippen molar-refractivity contribution in [3.63, 3.8) is 0 Å².